The van der Waals surface area contributed by atoms with Crippen molar-refractivity contribution in [1.82, 2.24) is 10.2 Å². The quantitative estimate of drug-likeness (QED) is 0.669. The van der Waals surface area contributed by atoms with Crippen molar-refractivity contribution >= 4 is 23.3 Å². The maximum absolute atomic E-state index is 13.6. The van der Waals surface area contributed by atoms with E-state index in [0.717, 1.165) is 31.4 Å². The second-order valence-electron chi connectivity index (χ2n) is 6.24. The Labute approximate surface area is 146 Å². The summed E-state index contributed by atoms with van der Waals surface area (Å²) >= 11 is 5.56. The van der Waals surface area contributed by atoms with Gasteiger partial charge in [-0.05, 0) is 49.7 Å². The van der Waals surface area contributed by atoms with Gasteiger partial charge in [0, 0.05) is 11.7 Å². The first kappa shape index (κ1) is 16.9. The number of carbonyl (C=O) groups is 1. The third-order valence-electron chi connectivity index (χ3n) is 4.80. The first-order valence-electron chi connectivity index (χ1n) is 8.17. The van der Waals surface area contributed by atoms with E-state index in [0.29, 0.717) is 22.3 Å². The number of rotatable bonds is 3. The molecule has 24 heavy (non-hydrogen) atoms. The molecule has 1 aliphatic heterocycles. The van der Waals surface area contributed by atoms with Gasteiger partial charge in [0.15, 0.2) is 5.11 Å². The zero-order valence-corrected chi connectivity index (χ0v) is 14.7. The van der Waals surface area contributed by atoms with Crippen LogP contribution in [-0.2, 0) is 9.53 Å². The highest BCUT2D eigenvalue weighted by Gasteiger charge is 2.38. The molecule has 0 saturated heterocycles. The summed E-state index contributed by atoms with van der Waals surface area (Å²) in [6.07, 6.45) is 4.44. The van der Waals surface area contributed by atoms with Gasteiger partial charge in [0.1, 0.15) is 5.82 Å². The maximum Gasteiger partial charge on any atom is 0.337 e. The topological polar surface area (TPSA) is 41.6 Å². The molecule has 1 aromatic rings. The first-order chi connectivity index (χ1) is 11.5. The minimum atomic E-state index is -0.502. The first-order valence-corrected chi connectivity index (χ1v) is 8.58. The van der Waals surface area contributed by atoms with Crippen molar-refractivity contribution in [3.63, 3.8) is 0 Å². The minimum Gasteiger partial charge on any atom is -0.466 e. The number of carbonyl (C=O) groups excluding carboxylic acids is 1. The van der Waals surface area contributed by atoms with E-state index < -0.39 is 12.0 Å². The van der Waals surface area contributed by atoms with Gasteiger partial charge < -0.3 is 15.0 Å². The molecule has 0 unspecified atom stereocenters. The van der Waals surface area contributed by atoms with Crippen molar-refractivity contribution in [2.45, 2.75) is 44.7 Å². The van der Waals surface area contributed by atoms with E-state index in [4.69, 9.17) is 17.0 Å². The zero-order valence-electron chi connectivity index (χ0n) is 13.8. The smallest absolute Gasteiger partial charge is 0.337 e. The summed E-state index contributed by atoms with van der Waals surface area (Å²) in [6, 6.07) is 6.01. The Morgan fingerprint density at radius 2 is 2.08 bits per heavy atom. The average Bonchev–Trinajstić information content (AvgIpc) is 3.07. The van der Waals surface area contributed by atoms with Crippen LogP contribution in [0.2, 0.25) is 0 Å². The number of ether oxygens (including phenoxy) is 1. The van der Waals surface area contributed by atoms with Crippen LogP contribution in [0.25, 0.3) is 0 Å². The molecule has 128 valence electrons. The summed E-state index contributed by atoms with van der Waals surface area (Å²) in [5.41, 5.74) is 1.94. The minimum absolute atomic E-state index is 0.304. The maximum atomic E-state index is 13.6. The van der Waals surface area contributed by atoms with E-state index >= 15 is 0 Å². The molecule has 6 heteroatoms. The molecule has 0 radical (unpaired) electrons. The molecule has 1 heterocycles. The summed E-state index contributed by atoms with van der Waals surface area (Å²) in [5, 5.41) is 3.80. The lowest BCUT2D eigenvalue weighted by molar-refractivity contribution is -0.136. The number of hydrogen-bond acceptors (Lipinski definition) is 3. The molecule has 1 N–H and O–H groups in total. The van der Waals surface area contributed by atoms with E-state index in [-0.39, 0.29) is 5.82 Å². The number of nitrogens with zero attached hydrogens (tertiary/aromatic N) is 1. The Bertz CT molecular complexity index is 698. The largest absolute Gasteiger partial charge is 0.466 e. The summed E-state index contributed by atoms with van der Waals surface area (Å²) < 4.78 is 18.6. The molecule has 2 aliphatic rings. The van der Waals surface area contributed by atoms with Crippen molar-refractivity contribution < 1.29 is 13.9 Å². The second-order valence-corrected chi connectivity index (χ2v) is 6.62. The van der Waals surface area contributed by atoms with Crippen molar-refractivity contribution in [2.75, 3.05) is 7.11 Å². The van der Waals surface area contributed by atoms with Gasteiger partial charge in [0.05, 0.1) is 18.7 Å². The van der Waals surface area contributed by atoms with Gasteiger partial charge in [-0.1, -0.05) is 25.0 Å². The molecule has 0 aromatic heterocycles. The van der Waals surface area contributed by atoms with Crippen LogP contribution in [0, 0.1) is 5.82 Å². The number of nitrogens with one attached hydrogen (secondary N) is 1. The Kier molecular flexibility index (Phi) is 4.85. The van der Waals surface area contributed by atoms with Crippen molar-refractivity contribution in [2.24, 2.45) is 0 Å². The van der Waals surface area contributed by atoms with Crippen LogP contribution in [0.5, 0.6) is 0 Å². The summed E-state index contributed by atoms with van der Waals surface area (Å²) in [4.78, 5) is 14.5. The van der Waals surface area contributed by atoms with Gasteiger partial charge in [0.25, 0.3) is 0 Å². The fourth-order valence-electron chi connectivity index (χ4n) is 3.67. The summed E-state index contributed by atoms with van der Waals surface area (Å²) in [5.74, 6) is -0.764. The normalized spacial score (nSPS) is 21.9. The summed E-state index contributed by atoms with van der Waals surface area (Å²) in [7, 11) is 1.36. The van der Waals surface area contributed by atoms with Crippen LogP contribution in [-0.4, -0.2) is 29.1 Å². The third-order valence-corrected chi connectivity index (χ3v) is 5.12. The number of methoxy groups -OCH3 is 1. The number of allylic oxidation sites excluding steroid dienone is 1. The van der Waals surface area contributed by atoms with E-state index in [1.54, 1.807) is 12.1 Å². The number of thiocarbonyl (C=S) groups is 1. The Hall–Kier alpha value is -1.95. The molecular formula is C18H21FN2O2S. The summed E-state index contributed by atoms with van der Waals surface area (Å²) in [6.45, 7) is 1.89. The van der Waals surface area contributed by atoms with E-state index in [2.05, 4.69) is 5.32 Å². The SMILES string of the molecule is COC(=O)C1=C(C)N(C2CCCC2)C(=S)N[C@H]1c1cccc(F)c1. The van der Waals surface area contributed by atoms with Crippen LogP contribution in [0.15, 0.2) is 35.5 Å². The number of benzene rings is 1. The molecule has 1 aromatic carbocycles. The van der Waals surface area contributed by atoms with Gasteiger partial charge in [-0.15, -0.1) is 0 Å². The van der Waals surface area contributed by atoms with Gasteiger partial charge in [-0.2, -0.15) is 0 Å². The highest BCUT2D eigenvalue weighted by Crippen LogP contribution is 2.35. The van der Waals surface area contributed by atoms with Gasteiger partial charge in [-0.3, -0.25) is 0 Å². The van der Waals surface area contributed by atoms with Crippen molar-refractivity contribution in [1.29, 1.82) is 0 Å². The lowest BCUT2D eigenvalue weighted by atomic mass is 9.94. The Morgan fingerprint density at radius 3 is 2.71 bits per heavy atom. The average molecular weight is 348 g/mol. The number of hydrogen-bond donors (Lipinski definition) is 1. The number of esters is 1. The molecule has 1 fully saturated rings. The third kappa shape index (κ3) is 3.02. The van der Waals surface area contributed by atoms with Gasteiger partial charge >= 0.3 is 5.97 Å². The Balaban J connectivity index is 2.06. The monoisotopic (exact) mass is 348 g/mol. The second kappa shape index (κ2) is 6.89. The highest BCUT2D eigenvalue weighted by atomic mass is 32.1. The van der Waals surface area contributed by atoms with Crippen LogP contribution in [0.1, 0.15) is 44.2 Å². The van der Waals surface area contributed by atoms with Crippen LogP contribution in [0.4, 0.5) is 4.39 Å². The van der Waals surface area contributed by atoms with Crippen LogP contribution < -0.4 is 5.32 Å². The van der Waals surface area contributed by atoms with E-state index in [1.807, 2.05) is 11.8 Å². The fraction of sp³-hybridized carbons (Fsp3) is 0.444. The van der Waals surface area contributed by atoms with Crippen molar-refractivity contribution in [3.8, 4) is 0 Å². The molecule has 1 atom stereocenters. The molecule has 1 saturated carbocycles. The molecule has 3 rings (SSSR count). The molecule has 0 amide bonds. The zero-order chi connectivity index (χ0) is 17.3. The molecule has 1 aliphatic carbocycles. The van der Waals surface area contributed by atoms with Crippen LogP contribution >= 0.6 is 12.2 Å². The Morgan fingerprint density at radius 1 is 1.38 bits per heavy atom. The van der Waals surface area contributed by atoms with E-state index in [1.165, 1.54) is 19.2 Å². The fourth-order valence-corrected chi connectivity index (χ4v) is 4.07. The van der Waals surface area contributed by atoms with Gasteiger partial charge in [0.2, 0.25) is 0 Å². The molecular weight excluding hydrogens is 327 g/mol. The van der Waals surface area contributed by atoms with Crippen molar-refractivity contribution in [3.05, 3.63) is 46.9 Å². The highest BCUT2D eigenvalue weighted by molar-refractivity contribution is 7.80. The lowest BCUT2D eigenvalue weighted by Gasteiger charge is -2.40. The van der Waals surface area contributed by atoms with Crippen LogP contribution in [0.3, 0.4) is 0 Å². The predicted molar refractivity (Wildman–Crippen MR) is 93.7 cm³/mol. The standard InChI is InChI=1S/C18H21FN2O2S/c1-11-15(17(22)23-2)16(12-6-5-7-13(19)10-12)20-18(24)21(11)14-8-3-4-9-14/h5-7,10,14,16H,3-4,8-9H2,1-2H3,(H,20,24)/t16-/m0/s1. The van der Waals surface area contributed by atoms with Gasteiger partial charge in [-0.25, -0.2) is 9.18 Å². The molecule has 0 spiro atoms. The molecule has 0 bridgehead atoms. The number of halogens is 1. The van der Waals surface area contributed by atoms with E-state index in [9.17, 15) is 9.18 Å². The lowest BCUT2D eigenvalue weighted by Crippen LogP contribution is -2.51. The molecule has 4 nitrogen and oxygen atoms in total. The predicted octanol–water partition coefficient (Wildman–Crippen LogP) is 3.45.